The van der Waals surface area contributed by atoms with E-state index >= 15 is 0 Å². The van der Waals surface area contributed by atoms with E-state index in [4.69, 9.17) is 11.5 Å². The van der Waals surface area contributed by atoms with Crippen molar-refractivity contribution in [3.05, 3.63) is 27.8 Å². The number of rotatable bonds is 3. The third-order valence-corrected chi connectivity index (χ3v) is 4.76. The molecule has 3 rings (SSSR count). The highest BCUT2D eigenvalue weighted by molar-refractivity contribution is 6.07. The van der Waals surface area contributed by atoms with Crippen LogP contribution in [0.25, 0.3) is 0 Å². The van der Waals surface area contributed by atoms with Gasteiger partial charge >= 0.3 is 6.36 Å². The standard InChI is InChI=1S/C16H19F3N6O3/c1-9-7-10(28-16(17,18)19)8-11(25(26)27)12(9)24-14(21)22-13(20)23-15(24)5-3-2-4-6-15/h7-8H,2-6H2,1H3,(H4,20,21,22,23). The number of anilines is 1. The Kier molecular flexibility index (Phi) is 4.81. The molecule has 0 radical (unpaired) electrons. The number of guanidine groups is 2. The Morgan fingerprint density at radius 1 is 1.25 bits per heavy atom. The smallest absolute Gasteiger partial charge is 0.406 e. The number of nitro benzene ring substituents is 1. The number of aryl methyl sites for hydroxylation is 1. The highest BCUT2D eigenvalue weighted by atomic mass is 19.4. The molecule has 0 bridgehead atoms. The third kappa shape index (κ3) is 3.66. The van der Waals surface area contributed by atoms with Crippen LogP contribution in [-0.2, 0) is 0 Å². The van der Waals surface area contributed by atoms with E-state index in [1.807, 2.05) is 0 Å². The minimum absolute atomic E-state index is 0.0268. The topological polar surface area (TPSA) is 132 Å². The molecule has 4 N–H and O–H groups in total. The lowest BCUT2D eigenvalue weighted by atomic mass is 9.86. The quantitative estimate of drug-likeness (QED) is 0.592. The maximum atomic E-state index is 12.6. The molecular formula is C16H19F3N6O3. The summed E-state index contributed by atoms with van der Waals surface area (Å²) in [5.41, 5.74) is 10.5. The lowest BCUT2D eigenvalue weighted by Gasteiger charge is -2.45. The van der Waals surface area contributed by atoms with E-state index in [2.05, 4.69) is 14.7 Å². The number of nitrogens with two attached hydrogens (primary N) is 2. The van der Waals surface area contributed by atoms with Gasteiger partial charge in [0, 0.05) is 0 Å². The average Bonchev–Trinajstić information content (AvgIpc) is 2.54. The zero-order valence-electron chi connectivity index (χ0n) is 15.0. The lowest BCUT2D eigenvalue weighted by Crippen LogP contribution is -2.58. The summed E-state index contributed by atoms with van der Waals surface area (Å²) in [6.07, 6.45) is -1.37. The first-order chi connectivity index (χ1) is 13.0. The molecule has 0 unspecified atom stereocenters. The number of aliphatic imine (C=N–C) groups is 2. The van der Waals surface area contributed by atoms with Gasteiger partial charge in [0.25, 0.3) is 5.69 Å². The maximum absolute atomic E-state index is 12.6. The van der Waals surface area contributed by atoms with Crippen LogP contribution >= 0.6 is 0 Å². The predicted octanol–water partition coefficient (Wildman–Crippen LogP) is 2.91. The van der Waals surface area contributed by atoms with Crippen molar-refractivity contribution in [1.82, 2.24) is 0 Å². The van der Waals surface area contributed by atoms with Gasteiger partial charge in [-0.25, -0.2) is 4.99 Å². The fourth-order valence-electron chi connectivity index (χ4n) is 3.80. The van der Waals surface area contributed by atoms with Crippen molar-refractivity contribution in [2.75, 3.05) is 4.90 Å². The number of hydrogen-bond donors (Lipinski definition) is 2. The summed E-state index contributed by atoms with van der Waals surface area (Å²) in [4.78, 5) is 20.7. The summed E-state index contributed by atoms with van der Waals surface area (Å²) in [6, 6.07) is 1.79. The van der Waals surface area contributed by atoms with Crippen molar-refractivity contribution in [2.24, 2.45) is 21.5 Å². The fourth-order valence-corrected chi connectivity index (χ4v) is 3.80. The van der Waals surface area contributed by atoms with Crippen molar-refractivity contribution in [2.45, 2.75) is 51.1 Å². The van der Waals surface area contributed by atoms with Gasteiger partial charge in [-0.15, -0.1) is 13.2 Å². The first-order valence-corrected chi connectivity index (χ1v) is 8.57. The van der Waals surface area contributed by atoms with Gasteiger partial charge in [0.15, 0.2) is 0 Å². The first-order valence-electron chi connectivity index (χ1n) is 8.57. The van der Waals surface area contributed by atoms with E-state index in [0.29, 0.717) is 12.8 Å². The number of nitrogens with zero attached hydrogens (tertiary/aromatic N) is 4. The number of hydrogen-bond acceptors (Lipinski definition) is 8. The lowest BCUT2D eigenvalue weighted by molar-refractivity contribution is -0.384. The van der Waals surface area contributed by atoms with E-state index in [9.17, 15) is 23.3 Å². The first kappa shape index (κ1) is 19.7. The molecule has 2 aliphatic rings. The normalized spacial score (nSPS) is 19.2. The number of benzene rings is 1. The summed E-state index contributed by atoms with van der Waals surface area (Å²) in [5.74, 6) is -0.813. The van der Waals surface area contributed by atoms with Crippen molar-refractivity contribution >= 4 is 23.3 Å². The molecule has 1 fully saturated rings. The Morgan fingerprint density at radius 3 is 2.46 bits per heavy atom. The molecule has 1 aromatic carbocycles. The molecular weight excluding hydrogens is 381 g/mol. The maximum Gasteiger partial charge on any atom is 0.573 e. The monoisotopic (exact) mass is 400 g/mol. The highest BCUT2D eigenvalue weighted by Gasteiger charge is 2.45. The van der Waals surface area contributed by atoms with Crippen LogP contribution in [0.3, 0.4) is 0 Å². The van der Waals surface area contributed by atoms with Crippen molar-refractivity contribution in [3.8, 4) is 5.75 Å². The van der Waals surface area contributed by atoms with Gasteiger partial charge in [0.2, 0.25) is 11.9 Å². The Morgan fingerprint density at radius 2 is 1.89 bits per heavy atom. The van der Waals surface area contributed by atoms with Gasteiger partial charge < -0.3 is 16.2 Å². The van der Waals surface area contributed by atoms with Crippen LogP contribution in [0.5, 0.6) is 5.75 Å². The molecule has 1 aliphatic carbocycles. The van der Waals surface area contributed by atoms with Gasteiger partial charge in [-0.05, 0) is 44.2 Å². The summed E-state index contributed by atoms with van der Waals surface area (Å²) >= 11 is 0. The Hall–Kier alpha value is -3.05. The molecule has 1 spiro atoms. The third-order valence-electron chi connectivity index (χ3n) is 4.76. The Balaban J connectivity index is 2.18. The van der Waals surface area contributed by atoms with Crippen LogP contribution < -0.4 is 21.1 Å². The number of alkyl halides is 3. The predicted molar refractivity (Wildman–Crippen MR) is 96.1 cm³/mol. The van der Waals surface area contributed by atoms with Crippen molar-refractivity contribution in [1.29, 1.82) is 0 Å². The number of halogens is 3. The van der Waals surface area contributed by atoms with Gasteiger partial charge in [0.05, 0.1) is 11.0 Å². The van der Waals surface area contributed by atoms with E-state index in [1.54, 1.807) is 0 Å². The highest BCUT2D eigenvalue weighted by Crippen LogP contribution is 2.45. The zero-order valence-corrected chi connectivity index (χ0v) is 15.0. The van der Waals surface area contributed by atoms with Gasteiger partial charge in [-0.2, -0.15) is 4.99 Å². The Bertz CT molecular complexity index is 862. The summed E-state index contributed by atoms with van der Waals surface area (Å²) in [5, 5.41) is 11.7. The second-order valence-corrected chi connectivity index (χ2v) is 6.73. The van der Waals surface area contributed by atoms with Gasteiger partial charge in [-0.1, -0.05) is 6.42 Å². The average molecular weight is 400 g/mol. The molecule has 28 heavy (non-hydrogen) atoms. The van der Waals surface area contributed by atoms with E-state index in [0.717, 1.165) is 31.4 Å². The van der Waals surface area contributed by atoms with E-state index in [1.165, 1.54) is 11.8 Å². The molecule has 1 aliphatic heterocycles. The van der Waals surface area contributed by atoms with Gasteiger partial charge in [0.1, 0.15) is 17.1 Å². The second kappa shape index (κ2) is 6.84. The van der Waals surface area contributed by atoms with Crippen molar-refractivity contribution in [3.63, 3.8) is 0 Å². The van der Waals surface area contributed by atoms with E-state index in [-0.39, 0.29) is 23.2 Å². The second-order valence-electron chi connectivity index (χ2n) is 6.73. The molecule has 152 valence electrons. The molecule has 12 heteroatoms. The van der Waals surface area contributed by atoms with Crippen LogP contribution in [0.4, 0.5) is 24.5 Å². The van der Waals surface area contributed by atoms with Crippen molar-refractivity contribution < 1.29 is 22.8 Å². The molecule has 1 aromatic rings. The zero-order chi connectivity index (χ0) is 20.7. The molecule has 0 amide bonds. The number of ether oxygens (including phenoxy) is 1. The minimum Gasteiger partial charge on any atom is -0.406 e. The van der Waals surface area contributed by atoms with E-state index < -0.39 is 28.4 Å². The molecule has 9 nitrogen and oxygen atoms in total. The Labute approximate surface area is 158 Å². The summed E-state index contributed by atoms with van der Waals surface area (Å²) in [7, 11) is 0. The van der Waals surface area contributed by atoms with Crippen LogP contribution in [0, 0.1) is 17.0 Å². The minimum atomic E-state index is -4.98. The van der Waals surface area contributed by atoms with Gasteiger partial charge in [-0.3, -0.25) is 15.0 Å². The molecule has 1 heterocycles. The fraction of sp³-hybridized carbons (Fsp3) is 0.500. The molecule has 1 saturated carbocycles. The van der Waals surface area contributed by atoms with Crippen LogP contribution in [0.2, 0.25) is 0 Å². The number of nitro groups is 1. The molecule has 0 saturated heterocycles. The summed E-state index contributed by atoms with van der Waals surface area (Å²) in [6.45, 7) is 1.44. The van der Waals surface area contributed by atoms with Crippen LogP contribution in [0.15, 0.2) is 22.1 Å². The summed E-state index contributed by atoms with van der Waals surface area (Å²) < 4.78 is 41.6. The molecule has 0 atom stereocenters. The SMILES string of the molecule is Cc1cc(OC(F)(F)F)cc([N+](=O)[O-])c1N1C(N)=NC(N)=NC12CCCCC2. The van der Waals surface area contributed by atoms with Crippen LogP contribution in [-0.4, -0.2) is 28.9 Å². The van der Waals surface area contributed by atoms with Crippen LogP contribution in [0.1, 0.15) is 37.7 Å². The molecule has 0 aromatic heterocycles. The largest absolute Gasteiger partial charge is 0.573 e.